The molecule has 0 atom stereocenters. The van der Waals surface area contributed by atoms with Crippen molar-refractivity contribution in [3.63, 3.8) is 0 Å². The van der Waals surface area contributed by atoms with E-state index in [0.717, 1.165) is 6.42 Å². The molecule has 0 unspecified atom stereocenters. The summed E-state index contributed by atoms with van der Waals surface area (Å²) in [5, 5.41) is 14.6. The highest BCUT2D eigenvalue weighted by molar-refractivity contribution is 5.95. The van der Waals surface area contributed by atoms with Crippen LogP contribution in [0.15, 0.2) is 47.6 Å². The van der Waals surface area contributed by atoms with Gasteiger partial charge in [0.2, 0.25) is 0 Å². The Labute approximate surface area is 150 Å². The Morgan fingerprint density at radius 2 is 2.08 bits per heavy atom. The van der Waals surface area contributed by atoms with Crippen LogP contribution in [0.2, 0.25) is 0 Å². The van der Waals surface area contributed by atoms with Gasteiger partial charge < -0.3 is 9.47 Å². The first-order chi connectivity index (χ1) is 12.5. The molecular weight excluding hydrogens is 338 g/mol. The molecule has 8 heteroatoms. The summed E-state index contributed by atoms with van der Waals surface area (Å²) < 4.78 is 10.8. The fraction of sp³-hybridized carbons (Fsp3) is 0.222. The normalized spacial score (nSPS) is 10.5. The predicted octanol–water partition coefficient (Wildman–Crippen LogP) is 3.16. The Morgan fingerprint density at radius 3 is 2.77 bits per heavy atom. The molecule has 0 saturated carbocycles. The molecule has 0 saturated heterocycles. The van der Waals surface area contributed by atoms with Crippen molar-refractivity contribution in [3.8, 4) is 11.5 Å². The van der Waals surface area contributed by atoms with Gasteiger partial charge in [-0.05, 0) is 36.2 Å². The summed E-state index contributed by atoms with van der Waals surface area (Å²) in [6.07, 6.45) is 2.31. The van der Waals surface area contributed by atoms with E-state index in [1.165, 1.54) is 30.5 Å². The molecule has 8 nitrogen and oxygen atoms in total. The summed E-state index contributed by atoms with van der Waals surface area (Å²) in [5.41, 5.74) is 3.04. The maximum atomic E-state index is 12.0. The van der Waals surface area contributed by atoms with Crippen molar-refractivity contribution in [3.05, 3.63) is 63.7 Å². The summed E-state index contributed by atoms with van der Waals surface area (Å²) in [6, 6.07) is 10.7. The summed E-state index contributed by atoms with van der Waals surface area (Å²) in [7, 11) is 1.56. The lowest BCUT2D eigenvalue weighted by molar-refractivity contribution is -0.384. The van der Waals surface area contributed by atoms with Gasteiger partial charge in [0.1, 0.15) is 0 Å². The molecule has 0 aromatic heterocycles. The highest BCUT2D eigenvalue weighted by Gasteiger charge is 2.10. The van der Waals surface area contributed by atoms with Crippen molar-refractivity contribution in [1.82, 2.24) is 5.43 Å². The van der Waals surface area contributed by atoms with Crippen molar-refractivity contribution in [1.29, 1.82) is 0 Å². The molecule has 26 heavy (non-hydrogen) atoms. The first-order valence-electron chi connectivity index (χ1n) is 7.94. The SMILES string of the molecule is CCCOc1cc(/C=N/NC(=O)c2cccc([N+](=O)[O-])c2)ccc1OC. The molecule has 0 radical (unpaired) electrons. The molecule has 0 fully saturated rings. The minimum atomic E-state index is -0.560. The molecule has 0 heterocycles. The molecule has 1 amide bonds. The van der Waals surface area contributed by atoms with Crippen LogP contribution in [0, 0.1) is 10.1 Å². The number of methoxy groups -OCH3 is 1. The maximum Gasteiger partial charge on any atom is 0.271 e. The Bertz CT molecular complexity index is 820. The zero-order valence-corrected chi connectivity index (χ0v) is 14.5. The number of carbonyl (C=O) groups excluding carboxylic acids is 1. The fourth-order valence-corrected chi connectivity index (χ4v) is 2.09. The van der Waals surface area contributed by atoms with Gasteiger partial charge in [0.05, 0.1) is 24.9 Å². The first-order valence-corrected chi connectivity index (χ1v) is 7.94. The molecule has 1 N–H and O–H groups in total. The molecular formula is C18H19N3O5. The number of hydrogen-bond donors (Lipinski definition) is 1. The van der Waals surface area contributed by atoms with Crippen LogP contribution in [0.3, 0.4) is 0 Å². The monoisotopic (exact) mass is 357 g/mol. The number of hydrazone groups is 1. The number of nitro benzene ring substituents is 1. The van der Waals surface area contributed by atoms with Gasteiger partial charge in [-0.15, -0.1) is 0 Å². The zero-order chi connectivity index (χ0) is 18.9. The molecule has 136 valence electrons. The number of nitrogens with zero attached hydrogens (tertiary/aromatic N) is 2. The fourth-order valence-electron chi connectivity index (χ4n) is 2.09. The lowest BCUT2D eigenvalue weighted by atomic mass is 10.2. The second-order valence-electron chi connectivity index (χ2n) is 5.27. The maximum absolute atomic E-state index is 12.0. The number of rotatable bonds is 8. The van der Waals surface area contributed by atoms with Gasteiger partial charge in [-0.3, -0.25) is 14.9 Å². The van der Waals surface area contributed by atoms with E-state index in [1.54, 1.807) is 25.3 Å². The number of hydrogen-bond acceptors (Lipinski definition) is 6. The molecule has 0 aliphatic rings. The predicted molar refractivity (Wildman–Crippen MR) is 96.9 cm³/mol. The number of nitro groups is 1. The average Bonchev–Trinajstić information content (AvgIpc) is 2.66. The van der Waals surface area contributed by atoms with Crippen LogP contribution in [0.5, 0.6) is 11.5 Å². The van der Waals surface area contributed by atoms with Gasteiger partial charge in [0.15, 0.2) is 11.5 Å². The summed E-state index contributed by atoms with van der Waals surface area (Å²) in [4.78, 5) is 22.2. The van der Waals surface area contributed by atoms with Crippen LogP contribution in [-0.2, 0) is 0 Å². The summed E-state index contributed by atoms with van der Waals surface area (Å²) in [6.45, 7) is 2.56. The molecule has 0 bridgehead atoms. The second-order valence-corrected chi connectivity index (χ2v) is 5.27. The van der Waals surface area contributed by atoms with Crippen molar-refractivity contribution in [2.75, 3.05) is 13.7 Å². The van der Waals surface area contributed by atoms with Crippen LogP contribution in [0.4, 0.5) is 5.69 Å². The zero-order valence-electron chi connectivity index (χ0n) is 14.5. The summed E-state index contributed by atoms with van der Waals surface area (Å²) in [5.74, 6) is 0.653. The van der Waals surface area contributed by atoms with Gasteiger partial charge >= 0.3 is 0 Å². The minimum absolute atomic E-state index is 0.151. The Balaban J connectivity index is 2.06. The third kappa shape index (κ3) is 5.04. The second kappa shape index (κ2) is 9.16. The van der Waals surface area contributed by atoms with Crippen LogP contribution in [0.25, 0.3) is 0 Å². The van der Waals surface area contributed by atoms with E-state index in [4.69, 9.17) is 9.47 Å². The third-order valence-corrected chi connectivity index (χ3v) is 3.35. The summed E-state index contributed by atoms with van der Waals surface area (Å²) >= 11 is 0. The number of non-ortho nitro benzene ring substituents is 1. The van der Waals surface area contributed by atoms with Gasteiger partial charge in [0, 0.05) is 17.7 Å². The number of ether oxygens (including phenoxy) is 2. The van der Waals surface area contributed by atoms with Crippen molar-refractivity contribution < 1.29 is 19.2 Å². The molecule has 0 spiro atoms. The molecule has 2 rings (SSSR count). The molecule has 2 aromatic carbocycles. The van der Waals surface area contributed by atoms with Crippen LogP contribution >= 0.6 is 0 Å². The quantitative estimate of drug-likeness (QED) is 0.444. The van der Waals surface area contributed by atoms with E-state index in [2.05, 4.69) is 10.5 Å². The van der Waals surface area contributed by atoms with Crippen molar-refractivity contribution in [2.45, 2.75) is 13.3 Å². The van der Waals surface area contributed by atoms with E-state index in [-0.39, 0.29) is 11.3 Å². The van der Waals surface area contributed by atoms with E-state index in [9.17, 15) is 14.9 Å². The number of nitrogens with one attached hydrogen (secondary N) is 1. The lowest BCUT2D eigenvalue weighted by Crippen LogP contribution is -2.17. The van der Waals surface area contributed by atoms with Crippen molar-refractivity contribution in [2.24, 2.45) is 5.10 Å². The third-order valence-electron chi connectivity index (χ3n) is 3.35. The average molecular weight is 357 g/mol. The van der Waals surface area contributed by atoms with Gasteiger partial charge in [-0.1, -0.05) is 13.0 Å². The smallest absolute Gasteiger partial charge is 0.271 e. The number of amides is 1. The topological polar surface area (TPSA) is 103 Å². The van der Waals surface area contributed by atoms with E-state index in [1.807, 2.05) is 6.92 Å². The largest absolute Gasteiger partial charge is 0.493 e. The minimum Gasteiger partial charge on any atom is -0.493 e. The first kappa shape index (κ1) is 18.9. The van der Waals surface area contributed by atoms with Gasteiger partial charge in [0.25, 0.3) is 11.6 Å². The van der Waals surface area contributed by atoms with E-state index < -0.39 is 10.8 Å². The van der Waals surface area contributed by atoms with Crippen LogP contribution < -0.4 is 14.9 Å². The van der Waals surface area contributed by atoms with Gasteiger partial charge in [-0.25, -0.2) is 5.43 Å². The number of benzene rings is 2. The van der Waals surface area contributed by atoms with Gasteiger partial charge in [-0.2, -0.15) is 5.10 Å². The van der Waals surface area contributed by atoms with Crippen LogP contribution in [0.1, 0.15) is 29.3 Å². The molecule has 0 aliphatic carbocycles. The van der Waals surface area contributed by atoms with Crippen molar-refractivity contribution >= 4 is 17.8 Å². The Hall–Kier alpha value is -3.42. The van der Waals surface area contributed by atoms with E-state index >= 15 is 0 Å². The highest BCUT2D eigenvalue weighted by Crippen LogP contribution is 2.27. The van der Waals surface area contributed by atoms with E-state index in [0.29, 0.717) is 23.7 Å². The highest BCUT2D eigenvalue weighted by atomic mass is 16.6. The standard InChI is InChI=1S/C18H19N3O5/c1-3-9-26-17-10-13(7-8-16(17)25-2)12-19-20-18(22)14-5-4-6-15(11-14)21(23)24/h4-8,10-12H,3,9H2,1-2H3,(H,20,22)/b19-12+. The van der Waals surface area contributed by atoms with Crippen LogP contribution in [-0.4, -0.2) is 30.8 Å². The molecule has 0 aliphatic heterocycles. The Kier molecular flexibility index (Phi) is 6.67. The number of carbonyl (C=O) groups is 1. The Morgan fingerprint density at radius 1 is 1.27 bits per heavy atom. The lowest BCUT2D eigenvalue weighted by Gasteiger charge is -2.10. The molecule has 2 aromatic rings.